The van der Waals surface area contributed by atoms with Gasteiger partial charge in [0, 0.05) is 0 Å². The Morgan fingerprint density at radius 3 is 1.06 bits per heavy atom. The first-order chi connectivity index (χ1) is 6.65. The first-order valence-corrected chi connectivity index (χ1v) is 8.96. The van der Waals surface area contributed by atoms with Crippen molar-refractivity contribution in [3.63, 3.8) is 0 Å². The molecule has 1 N–H and O–H groups in total. The van der Waals surface area contributed by atoms with Crippen molar-refractivity contribution in [1.82, 2.24) is 0 Å². The molecule has 0 bridgehead atoms. The summed E-state index contributed by atoms with van der Waals surface area (Å²) in [5, 5.41) is 0. The molecule has 0 heterocycles. The number of halogens is 6. The minimum atomic E-state index is -6.65. The van der Waals surface area contributed by atoms with Crippen LogP contribution in [0.2, 0.25) is 0 Å². The zero-order valence-corrected chi connectivity index (χ0v) is 9.41. The average Bonchev–Trinajstić information content (AvgIpc) is 1.98. The third-order valence-corrected chi connectivity index (χ3v) is 12.0. The van der Waals surface area contributed by atoms with E-state index in [9.17, 15) is 43.2 Å². The predicted molar refractivity (Wildman–Crippen MR) is 32.7 cm³/mol. The Labute approximate surface area is 86.9 Å². The van der Waals surface area contributed by atoms with Crippen LogP contribution >= 0.6 is 0 Å². The van der Waals surface area contributed by atoms with Gasteiger partial charge < -0.3 is 0 Å². The SMILES string of the molecule is [NH]=[Mn]([S](=O)(=O)C(F)(F)F)[S](=O)(=O)C(F)(F)F. The van der Waals surface area contributed by atoms with E-state index in [0.29, 0.717) is 0 Å². The molecule has 0 aromatic carbocycles. The van der Waals surface area contributed by atoms with Crippen molar-refractivity contribution in [3.8, 4) is 0 Å². The fourth-order valence-corrected chi connectivity index (χ4v) is 7.78. The molecule has 0 aromatic heterocycles. The van der Waals surface area contributed by atoms with Crippen LogP contribution in [0.4, 0.5) is 26.3 Å². The molecule has 0 rings (SSSR count). The Hall–Kier alpha value is -0.201. The second-order valence-corrected chi connectivity index (χ2v) is 12.5. The summed E-state index contributed by atoms with van der Waals surface area (Å²) in [5.41, 5.74) is -12.4. The van der Waals surface area contributed by atoms with Crippen LogP contribution in [-0.4, -0.2) is 27.9 Å². The van der Waals surface area contributed by atoms with Crippen LogP contribution < -0.4 is 0 Å². The molecule has 0 unspecified atom stereocenters. The van der Waals surface area contributed by atoms with Crippen molar-refractivity contribution in [2.45, 2.75) is 11.0 Å². The molecule has 5 nitrogen and oxygen atoms in total. The summed E-state index contributed by atoms with van der Waals surface area (Å²) in [6.45, 7) is 0. The Morgan fingerprint density at radius 2 is 0.938 bits per heavy atom. The van der Waals surface area contributed by atoms with Crippen molar-refractivity contribution < 1.29 is 54.6 Å². The van der Waals surface area contributed by atoms with Gasteiger partial charge >= 0.3 is 86.5 Å². The molecule has 0 aliphatic rings. The summed E-state index contributed by atoms with van der Waals surface area (Å²) in [7, 11) is -13.3. The van der Waals surface area contributed by atoms with E-state index in [-0.39, 0.29) is 0 Å². The van der Waals surface area contributed by atoms with Gasteiger partial charge in [-0.2, -0.15) is 0 Å². The van der Waals surface area contributed by atoms with Crippen LogP contribution in [0.25, 0.3) is 0 Å². The van der Waals surface area contributed by atoms with E-state index in [4.69, 9.17) is 4.38 Å². The average molecular weight is 336 g/mol. The third-order valence-electron chi connectivity index (χ3n) is 0.922. The molecule has 0 spiro atoms. The molecule has 14 heteroatoms. The van der Waals surface area contributed by atoms with E-state index in [1.54, 1.807) is 0 Å². The fourth-order valence-electron chi connectivity index (χ4n) is 0.268. The van der Waals surface area contributed by atoms with Crippen LogP contribution in [0, 0.1) is 4.38 Å². The van der Waals surface area contributed by atoms with Gasteiger partial charge in [0.05, 0.1) is 0 Å². The molecule has 0 saturated carbocycles. The molecule has 0 radical (unpaired) electrons. The molecule has 99 valence electrons. The van der Waals surface area contributed by atoms with Gasteiger partial charge in [0.25, 0.3) is 0 Å². The molecule has 0 amide bonds. The Kier molecular flexibility index (Phi) is 3.87. The van der Waals surface area contributed by atoms with Crippen LogP contribution in [-0.2, 0) is 28.0 Å². The molecule has 0 aliphatic heterocycles. The number of nitrogens with one attached hydrogen (secondary N) is 1. The molecular weight excluding hydrogens is 335 g/mol. The van der Waals surface area contributed by atoms with Gasteiger partial charge in [-0.1, -0.05) is 0 Å². The predicted octanol–water partition coefficient (Wildman–Crippen LogP) is 1.07. The molecule has 0 fully saturated rings. The summed E-state index contributed by atoms with van der Waals surface area (Å²) < 4.78 is 118. The quantitative estimate of drug-likeness (QED) is 0.603. The number of alkyl halides is 6. The summed E-state index contributed by atoms with van der Waals surface area (Å²) in [5.74, 6) is 0. The van der Waals surface area contributed by atoms with E-state index < -0.39 is 39.0 Å². The zero-order valence-electron chi connectivity index (χ0n) is 6.60. The maximum atomic E-state index is 11.7. The fraction of sp³-hybridized carbons (Fsp3) is 1.00. The summed E-state index contributed by atoms with van der Waals surface area (Å²) in [4.78, 5) is 0. The van der Waals surface area contributed by atoms with E-state index in [1.807, 2.05) is 0 Å². The van der Waals surface area contributed by atoms with Crippen LogP contribution in [0.1, 0.15) is 0 Å². The van der Waals surface area contributed by atoms with Crippen LogP contribution in [0.15, 0.2) is 0 Å². The van der Waals surface area contributed by atoms with E-state index in [2.05, 4.69) is 0 Å². The number of hydrogen-bond donors (Lipinski definition) is 1. The minimum absolute atomic E-state index is 5.54. The van der Waals surface area contributed by atoms with E-state index >= 15 is 0 Å². The van der Waals surface area contributed by atoms with Crippen molar-refractivity contribution in [1.29, 1.82) is 4.38 Å². The molecule has 0 atom stereocenters. The van der Waals surface area contributed by atoms with Gasteiger partial charge in [-0.05, 0) is 0 Å². The van der Waals surface area contributed by atoms with Gasteiger partial charge in [0.2, 0.25) is 0 Å². The Bertz CT molecular complexity index is 452. The summed E-state index contributed by atoms with van der Waals surface area (Å²) in [6.07, 6.45) is 0. The first-order valence-electron chi connectivity index (χ1n) is 2.71. The molecular formula is C2HF6MnNO4S2. The van der Waals surface area contributed by atoms with Gasteiger partial charge in [-0.25, -0.2) is 0 Å². The second-order valence-electron chi connectivity index (χ2n) is 1.98. The van der Waals surface area contributed by atoms with Crippen molar-refractivity contribution in [3.05, 3.63) is 0 Å². The monoisotopic (exact) mass is 336 g/mol. The standard InChI is InChI=1S/2CF3O2S.Mn.HN/c2*2-1(3,4)7(5)6;;/h;;;1H. The van der Waals surface area contributed by atoms with E-state index in [0.717, 1.165) is 0 Å². The Balaban J connectivity index is 5.81. The van der Waals surface area contributed by atoms with Crippen molar-refractivity contribution >= 4 is 16.5 Å². The van der Waals surface area contributed by atoms with Gasteiger partial charge in [0.15, 0.2) is 0 Å². The van der Waals surface area contributed by atoms with E-state index in [1.165, 1.54) is 0 Å². The summed E-state index contributed by atoms with van der Waals surface area (Å²) in [6, 6.07) is 0. The molecule has 0 aliphatic carbocycles. The first kappa shape index (κ1) is 15.8. The van der Waals surface area contributed by atoms with Crippen molar-refractivity contribution in [2.24, 2.45) is 0 Å². The molecule has 16 heavy (non-hydrogen) atoms. The number of hydrogen-bond acceptors (Lipinski definition) is 5. The second kappa shape index (κ2) is 3.92. The summed E-state index contributed by atoms with van der Waals surface area (Å²) >= 11 is -5.54. The maximum absolute atomic E-state index is 11.7. The zero-order chi connectivity index (χ0) is 13.6. The third kappa shape index (κ3) is 2.55. The molecule has 0 aromatic rings. The van der Waals surface area contributed by atoms with Crippen LogP contribution in [0.3, 0.4) is 0 Å². The number of rotatable bonds is 2. The van der Waals surface area contributed by atoms with Gasteiger partial charge in [-0.15, -0.1) is 0 Å². The van der Waals surface area contributed by atoms with Gasteiger partial charge in [0.1, 0.15) is 0 Å². The van der Waals surface area contributed by atoms with Crippen LogP contribution in [0.5, 0.6) is 0 Å². The normalized spacial score (nSPS) is 15.4. The van der Waals surface area contributed by atoms with Gasteiger partial charge in [-0.3, -0.25) is 0 Å². The molecule has 0 saturated heterocycles. The Morgan fingerprint density at radius 1 is 0.750 bits per heavy atom. The van der Waals surface area contributed by atoms with Crippen molar-refractivity contribution in [2.75, 3.05) is 0 Å². The topological polar surface area (TPSA) is 92.1 Å².